The van der Waals surface area contributed by atoms with Gasteiger partial charge >= 0.3 is 0 Å². The summed E-state index contributed by atoms with van der Waals surface area (Å²) in [5.41, 5.74) is 0.190. The summed E-state index contributed by atoms with van der Waals surface area (Å²) in [6, 6.07) is 12.9. The van der Waals surface area contributed by atoms with E-state index in [-0.39, 0.29) is 16.2 Å². The smallest absolute Gasteiger partial charge is 0.272 e. The van der Waals surface area contributed by atoms with Crippen molar-refractivity contribution in [1.29, 1.82) is 0 Å². The summed E-state index contributed by atoms with van der Waals surface area (Å²) in [5.74, 6) is -1.92. The second-order valence-corrected chi connectivity index (χ2v) is 7.30. The largest absolute Gasteiger partial charge is 0.496 e. The van der Waals surface area contributed by atoms with Crippen LogP contribution in [-0.2, 0) is 15.3 Å². The van der Waals surface area contributed by atoms with E-state index in [0.717, 1.165) is 28.8 Å². The maximum atomic E-state index is 14.4. The lowest BCUT2D eigenvalue weighted by molar-refractivity contribution is -0.119. The topological polar surface area (TPSA) is 59.8 Å². The van der Waals surface area contributed by atoms with Gasteiger partial charge in [-0.25, -0.2) is 13.7 Å². The summed E-state index contributed by atoms with van der Waals surface area (Å²) in [6.07, 6.45) is 1.51. The molecule has 2 amide bonds. The fourth-order valence-electron chi connectivity index (χ4n) is 3.15. The second-order valence-electron chi connectivity index (χ2n) is 6.31. The zero-order valence-electron chi connectivity index (χ0n) is 15.7. The number of furan rings is 1. The molecule has 1 aliphatic heterocycles. The quantitative estimate of drug-likeness (QED) is 0.530. The molecule has 152 valence electrons. The minimum Gasteiger partial charge on any atom is -0.496 e. The van der Waals surface area contributed by atoms with Gasteiger partial charge in [0.05, 0.1) is 35.3 Å². The van der Waals surface area contributed by atoms with Gasteiger partial charge in [-0.1, -0.05) is 18.2 Å². The molecule has 30 heavy (non-hydrogen) atoms. The lowest BCUT2D eigenvalue weighted by atomic mass is 10.0. The van der Waals surface area contributed by atoms with Crippen LogP contribution in [0.5, 0.6) is 5.75 Å². The normalized spacial score (nSPS) is 14.0. The lowest BCUT2D eigenvalue weighted by Crippen LogP contribution is -2.32. The van der Waals surface area contributed by atoms with Crippen LogP contribution in [-0.4, -0.2) is 18.9 Å². The Bertz CT molecular complexity index is 1160. The van der Waals surface area contributed by atoms with Crippen LogP contribution in [0.2, 0.25) is 0 Å². The fraction of sp³-hybridized carbons (Fsp3) is 0.0909. The molecule has 8 heteroatoms. The number of nitrogens with zero attached hydrogens (tertiary/aromatic N) is 1. The van der Waals surface area contributed by atoms with E-state index in [1.54, 1.807) is 36.4 Å². The van der Waals surface area contributed by atoms with Crippen molar-refractivity contribution in [1.82, 2.24) is 0 Å². The number of anilines is 1. The first-order valence-electron chi connectivity index (χ1n) is 8.88. The van der Waals surface area contributed by atoms with Gasteiger partial charge in [-0.3, -0.25) is 9.59 Å². The van der Waals surface area contributed by atoms with E-state index in [1.807, 2.05) is 0 Å². The zero-order valence-corrected chi connectivity index (χ0v) is 16.5. The first-order valence-corrected chi connectivity index (χ1v) is 9.86. The third-order valence-electron chi connectivity index (χ3n) is 4.51. The van der Waals surface area contributed by atoms with Gasteiger partial charge in [-0.15, -0.1) is 11.8 Å². The van der Waals surface area contributed by atoms with Gasteiger partial charge in [0.15, 0.2) is 0 Å². The molecule has 2 heterocycles. The Morgan fingerprint density at radius 3 is 2.53 bits per heavy atom. The van der Waals surface area contributed by atoms with Crippen molar-refractivity contribution in [2.24, 2.45) is 0 Å². The number of rotatable bonds is 6. The monoisotopic (exact) mass is 427 g/mol. The summed E-state index contributed by atoms with van der Waals surface area (Å²) >= 11 is 1.10. The Morgan fingerprint density at radius 2 is 1.83 bits per heavy atom. The van der Waals surface area contributed by atoms with Crippen molar-refractivity contribution in [3.63, 3.8) is 0 Å². The predicted molar refractivity (Wildman–Crippen MR) is 109 cm³/mol. The number of benzene rings is 2. The lowest BCUT2D eigenvalue weighted by Gasteiger charge is -2.16. The highest BCUT2D eigenvalue weighted by molar-refractivity contribution is 8.03. The molecule has 1 aromatic heterocycles. The van der Waals surface area contributed by atoms with Crippen molar-refractivity contribution in [2.45, 2.75) is 5.75 Å². The van der Waals surface area contributed by atoms with Crippen LogP contribution >= 0.6 is 11.8 Å². The molecule has 0 aliphatic carbocycles. The van der Waals surface area contributed by atoms with Crippen molar-refractivity contribution < 1.29 is 27.5 Å². The molecule has 0 spiro atoms. The summed E-state index contributed by atoms with van der Waals surface area (Å²) < 4.78 is 38.4. The molecule has 1 aliphatic rings. The minimum atomic E-state index is -1.01. The molecule has 0 atom stereocenters. The van der Waals surface area contributed by atoms with Crippen LogP contribution in [0, 0.1) is 11.6 Å². The highest BCUT2D eigenvalue weighted by atomic mass is 32.2. The SMILES string of the molecule is COc1ccccc1C1=C(SCc2ccco2)C(=O)N(c2ccc(F)cc2F)C1=O. The zero-order chi connectivity index (χ0) is 21.3. The van der Waals surface area contributed by atoms with Crippen molar-refractivity contribution in [2.75, 3.05) is 12.0 Å². The van der Waals surface area contributed by atoms with Gasteiger partial charge in [0.25, 0.3) is 11.8 Å². The maximum Gasteiger partial charge on any atom is 0.272 e. The molecule has 0 N–H and O–H groups in total. The first kappa shape index (κ1) is 19.9. The van der Waals surface area contributed by atoms with Gasteiger partial charge in [0, 0.05) is 11.6 Å². The van der Waals surface area contributed by atoms with E-state index in [1.165, 1.54) is 13.4 Å². The predicted octanol–water partition coefficient (Wildman–Crippen LogP) is 4.78. The third-order valence-corrected chi connectivity index (χ3v) is 5.60. The van der Waals surface area contributed by atoms with Crippen LogP contribution < -0.4 is 9.64 Å². The highest BCUT2D eigenvalue weighted by Gasteiger charge is 2.42. The molecule has 4 rings (SSSR count). The number of carbonyl (C=O) groups is 2. The number of imide groups is 1. The number of methoxy groups -OCH3 is 1. The maximum absolute atomic E-state index is 14.4. The molecule has 0 bridgehead atoms. The molecule has 0 fully saturated rings. The number of ether oxygens (including phenoxy) is 1. The molecule has 0 radical (unpaired) electrons. The number of para-hydroxylation sites is 1. The number of thioether (sulfide) groups is 1. The molecule has 0 unspecified atom stereocenters. The van der Waals surface area contributed by atoms with E-state index in [2.05, 4.69) is 0 Å². The molecule has 0 saturated carbocycles. The summed E-state index contributed by atoms with van der Waals surface area (Å²) in [5, 5.41) is 0. The third kappa shape index (κ3) is 3.50. The van der Waals surface area contributed by atoms with Crippen molar-refractivity contribution in [3.8, 4) is 5.75 Å². The Balaban J connectivity index is 1.81. The minimum absolute atomic E-state index is 0.0951. The first-order chi connectivity index (χ1) is 14.5. The van der Waals surface area contributed by atoms with Crippen LogP contribution in [0.1, 0.15) is 11.3 Å². The van der Waals surface area contributed by atoms with Gasteiger partial charge in [-0.05, 0) is 30.3 Å². The summed E-state index contributed by atoms with van der Waals surface area (Å²) in [6.45, 7) is 0. The molecule has 5 nitrogen and oxygen atoms in total. The molecule has 2 aromatic carbocycles. The van der Waals surface area contributed by atoms with Crippen LogP contribution in [0.15, 0.2) is 70.2 Å². The van der Waals surface area contributed by atoms with Crippen LogP contribution in [0.25, 0.3) is 5.57 Å². The van der Waals surface area contributed by atoms with Gasteiger partial charge in [0.1, 0.15) is 23.1 Å². The molecular weight excluding hydrogens is 412 g/mol. The standard InChI is InChI=1S/C22H15F2NO4S/c1-28-18-7-3-2-6-15(18)19-20(30-12-14-5-4-10-29-14)22(27)25(21(19)26)17-9-8-13(23)11-16(17)24/h2-11H,12H2,1H3. The van der Waals surface area contributed by atoms with Gasteiger partial charge in [-0.2, -0.15) is 0 Å². The van der Waals surface area contributed by atoms with E-state index in [0.29, 0.717) is 28.9 Å². The number of carbonyl (C=O) groups excluding carboxylic acids is 2. The Labute approximate surface area is 174 Å². The van der Waals surface area contributed by atoms with Gasteiger partial charge in [0.2, 0.25) is 0 Å². The number of halogens is 2. The molecule has 0 saturated heterocycles. The Hall–Kier alpha value is -3.39. The van der Waals surface area contributed by atoms with E-state index in [9.17, 15) is 18.4 Å². The summed E-state index contributed by atoms with van der Waals surface area (Å²) in [4.78, 5) is 27.3. The number of hydrogen-bond donors (Lipinski definition) is 0. The molecule has 3 aromatic rings. The van der Waals surface area contributed by atoms with E-state index < -0.39 is 23.4 Å². The average molecular weight is 427 g/mol. The van der Waals surface area contributed by atoms with E-state index >= 15 is 0 Å². The Kier molecular flexibility index (Phi) is 5.41. The fourth-order valence-corrected chi connectivity index (χ4v) is 4.16. The van der Waals surface area contributed by atoms with E-state index in [4.69, 9.17) is 9.15 Å². The summed E-state index contributed by atoms with van der Waals surface area (Å²) in [7, 11) is 1.45. The average Bonchev–Trinajstić information content (AvgIpc) is 3.33. The molecular formula is C22H15F2NO4S. The number of hydrogen-bond acceptors (Lipinski definition) is 5. The Morgan fingerprint density at radius 1 is 1.03 bits per heavy atom. The van der Waals surface area contributed by atoms with Crippen LogP contribution in [0.3, 0.4) is 0 Å². The van der Waals surface area contributed by atoms with Crippen molar-refractivity contribution >= 4 is 34.8 Å². The number of amides is 2. The second kappa shape index (κ2) is 8.16. The van der Waals surface area contributed by atoms with Gasteiger partial charge < -0.3 is 9.15 Å². The highest BCUT2D eigenvalue weighted by Crippen LogP contribution is 2.42. The van der Waals surface area contributed by atoms with Crippen molar-refractivity contribution in [3.05, 3.63) is 88.7 Å². The van der Waals surface area contributed by atoms with Crippen LogP contribution in [0.4, 0.5) is 14.5 Å².